The topological polar surface area (TPSA) is 71.6 Å². The molecule has 0 aliphatic rings. The second-order valence-electron chi connectivity index (χ2n) is 5.98. The summed E-state index contributed by atoms with van der Waals surface area (Å²) in [5.74, 6) is 1.55. The molecule has 0 saturated carbocycles. The molecule has 0 bridgehead atoms. The predicted molar refractivity (Wildman–Crippen MR) is 94.1 cm³/mol. The van der Waals surface area contributed by atoms with Crippen LogP contribution in [0.4, 0.5) is 0 Å². The van der Waals surface area contributed by atoms with E-state index >= 15 is 0 Å². The molecule has 3 aromatic rings. The number of benzene rings is 2. The maximum Gasteiger partial charge on any atom is 0.258 e. The SMILES string of the molecule is COc1ccccc1[C@H](C)[NH2+][C@H](C)c1nc2ccccc2c(=O)[nH]1. The lowest BCUT2D eigenvalue weighted by molar-refractivity contribution is -0.729. The summed E-state index contributed by atoms with van der Waals surface area (Å²) >= 11 is 0. The van der Waals surface area contributed by atoms with Crippen LogP contribution in [-0.2, 0) is 0 Å². The van der Waals surface area contributed by atoms with E-state index in [9.17, 15) is 4.79 Å². The molecule has 1 aromatic heterocycles. The van der Waals surface area contributed by atoms with Gasteiger partial charge in [0.25, 0.3) is 5.56 Å². The van der Waals surface area contributed by atoms with E-state index in [1.165, 1.54) is 0 Å². The van der Waals surface area contributed by atoms with Gasteiger partial charge in [0.05, 0.1) is 23.6 Å². The molecule has 3 rings (SSSR count). The second-order valence-corrected chi connectivity index (χ2v) is 5.98. The molecule has 2 aromatic carbocycles. The van der Waals surface area contributed by atoms with Gasteiger partial charge < -0.3 is 15.0 Å². The number of aromatic amines is 1. The predicted octanol–water partition coefficient (Wildman–Crippen LogP) is 2.32. The summed E-state index contributed by atoms with van der Waals surface area (Å²) in [6.07, 6.45) is 0. The van der Waals surface area contributed by atoms with Crippen molar-refractivity contribution in [3.8, 4) is 5.75 Å². The lowest BCUT2D eigenvalue weighted by Gasteiger charge is -2.18. The number of nitrogens with zero attached hydrogens (tertiary/aromatic N) is 1. The highest BCUT2D eigenvalue weighted by molar-refractivity contribution is 5.77. The number of nitrogens with two attached hydrogens (primary N) is 1. The zero-order chi connectivity index (χ0) is 17.1. The summed E-state index contributed by atoms with van der Waals surface area (Å²) in [7, 11) is 1.68. The Labute approximate surface area is 140 Å². The highest BCUT2D eigenvalue weighted by Crippen LogP contribution is 2.22. The molecule has 0 saturated heterocycles. The summed E-state index contributed by atoms with van der Waals surface area (Å²) < 4.78 is 5.44. The van der Waals surface area contributed by atoms with Gasteiger partial charge >= 0.3 is 0 Å². The molecule has 0 spiro atoms. The molecular formula is C19H22N3O2+. The molecule has 0 aliphatic heterocycles. The van der Waals surface area contributed by atoms with Crippen LogP contribution in [0.1, 0.15) is 37.3 Å². The Morgan fingerprint density at radius 1 is 1.04 bits per heavy atom. The number of hydrogen-bond donors (Lipinski definition) is 2. The van der Waals surface area contributed by atoms with Crippen LogP contribution in [0.15, 0.2) is 53.3 Å². The van der Waals surface area contributed by atoms with Crippen LogP contribution in [0.2, 0.25) is 0 Å². The minimum atomic E-state index is -0.0965. The van der Waals surface area contributed by atoms with Crippen LogP contribution in [0.5, 0.6) is 5.75 Å². The maximum absolute atomic E-state index is 12.2. The summed E-state index contributed by atoms with van der Waals surface area (Å²) in [4.78, 5) is 19.7. The molecule has 0 aliphatic carbocycles. The Bertz CT molecular complexity index is 904. The minimum absolute atomic E-state index is 0.0159. The van der Waals surface area contributed by atoms with Gasteiger partial charge in [-0.1, -0.05) is 24.3 Å². The van der Waals surface area contributed by atoms with Crippen LogP contribution in [-0.4, -0.2) is 17.1 Å². The fraction of sp³-hybridized carbons (Fsp3) is 0.263. The summed E-state index contributed by atoms with van der Waals surface area (Å²) in [6.45, 7) is 4.16. The van der Waals surface area contributed by atoms with E-state index in [1.54, 1.807) is 13.2 Å². The Kier molecular flexibility index (Phi) is 4.62. The summed E-state index contributed by atoms with van der Waals surface area (Å²) in [6, 6.07) is 15.6. The Morgan fingerprint density at radius 2 is 1.75 bits per heavy atom. The molecule has 0 unspecified atom stereocenters. The number of fused-ring (bicyclic) bond motifs is 1. The van der Waals surface area contributed by atoms with Gasteiger partial charge in [-0.15, -0.1) is 0 Å². The van der Waals surface area contributed by atoms with Gasteiger partial charge in [-0.3, -0.25) is 4.79 Å². The highest BCUT2D eigenvalue weighted by atomic mass is 16.5. The fourth-order valence-electron chi connectivity index (χ4n) is 2.99. The smallest absolute Gasteiger partial charge is 0.258 e. The van der Waals surface area contributed by atoms with E-state index in [2.05, 4.69) is 28.3 Å². The normalized spacial score (nSPS) is 13.6. The number of nitrogens with one attached hydrogen (secondary N) is 1. The summed E-state index contributed by atoms with van der Waals surface area (Å²) in [5.41, 5.74) is 1.75. The first-order valence-corrected chi connectivity index (χ1v) is 8.07. The van der Waals surface area contributed by atoms with Crippen LogP contribution in [0.25, 0.3) is 10.9 Å². The van der Waals surface area contributed by atoms with Gasteiger partial charge in [0, 0.05) is 0 Å². The zero-order valence-corrected chi connectivity index (χ0v) is 14.1. The van der Waals surface area contributed by atoms with Crippen molar-refractivity contribution in [2.24, 2.45) is 0 Å². The highest BCUT2D eigenvalue weighted by Gasteiger charge is 2.20. The molecule has 3 N–H and O–H groups in total. The number of para-hydroxylation sites is 2. The Hall–Kier alpha value is -2.66. The van der Waals surface area contributed by atoms with Gasteiger partial charge in [0.1, 0.15) is 17.8 Å². The number of aromatic nitrogens is 2. The van der Waals surface area contributed by atoms with Crippen LogP contribution in [0, 0.1) is 0 Å². The number of H-pyrrole nitrogens is 1. The van der Waals surface area contributed by atoms with Crippen LogP contribution in [0.3, 0.4) is 0 Å². The van der Waals surface area contributed by atoms with Crippen molar-refractivity contribution in [1.82, 2.24) is 9.97 Å². The monoisotopic (exact) mass is 324 g/mol. The number of rotatable bonds is 5. The van der Waals surface area contributed by atoms with Gasteiger partial charge in [0.15, 0.2) is 5.82 Å². The number of methoxy groups -OCH3 is 1. The number of hydrogen-bond acceptors (Lipinski definition) is 3. The quantitative estimate of drug-likeness (QED) is 0.756. The average molecular weight is 324 g/mol. The van der Waals surface area contributed by atoms with Gasteiger partial charge in [0.2, 0.25) is 0 Å². The summed E-state index contributed by atoms with van der Waals surface area (Å²) in [5, 5.41) is 2.79. The van der Waals surface area contributed by atoms with E-state index in [4.69, 9.17) is 4.74 Å². The van der Waals surface area contributed by atoms with E-state index in [0.29, 0.717) is 11.2 Å². The van der Waals surface area contributed by atoms with E-state index < -0.39 is 0 Å². The van der Waals surface area contributed by atoms with Crippen molar-refractivity contribution < 1.29 is 10.1 Å². The van der Waals surface area contributed by atoms with Crippen molar-refractivity contribution in [3.05, 3.63) is 70.3 Å². The molecule has 0 amide bonds. The molecular weight excluding hydrogens is 302 g/mol. The molecule has 5 heteroatoms. The Morgan fingerprint density at radius 3 is 2.54 bits per heavy atom. The van der Waals surface area contributed by atoms with E-state index in [1.807, 2.05) is 43.3 Å². The van der Waals surface area contributed by atoms with E-state index in [0.717, 1.165) is 16.8 Å². The maximum atomic E-state index is 12.2. The molecule has 0 fully saturated rings. The lowest BCUT2D eigenvalue weighted by atomic mass is 10.1. The first-order valence-electron chi connectivity index (χ1n) is 8.07. The van der Waals surface area contributed by atoms with Crippen molar-refractivity contribution in [1.29, 1.82) is 0 Å². The van der Waals surface area contributed by atoms with Crippen molar-refractivity contribution in [2.75, 3.05) is 7.11 Å². The third kappa shape index (κ3) is 3.16. The van der Waals surface area contributed by atoms with E-state index in [-0.39, 0.29) is 17.6 Å². The first kappa shape index (κ1) is 16.2. The zero-order valence-electron chi connectivity index (χ0n) is 14.1. The Balaban J connectivity index is 1.87. The first-order chi connectivity index (χ1) is 11.6. The van der Waals surface area contributed by atoms with Gasteiger partial charge in [-0.2, -0.15) is 0 Å². The molecule has 0 radical (unpaired) electrons. The average Bonchev–Trinajstić information content (AvgIpc) is 2.61. The van der Waals surface area contributed by atoms with Gasteiger partial charge in [-0.25, -0.2) is 4.98 Å². The van der Waals surface area contributed by atoms with Crippen molar-refractivity contribution in [2.45, 2.75) is 25.9 Å². The minimum Gasteiger partial charge on any atom is -0.496 e. The second kappa shape index (κ2) is 6.84. The number of ether oxygens (including phenoxy) is 1. The standard InChI is InChI=1S/C19H21N3O2/c1-12(14-8-5-7-11-17(14)24-3)20-13(2)18-21-16-10-6-4-9-15(16)19(23)22-18/h4-13,20H,1-3H3,(H,21,22,23)/p+1/t12-,13+/m0/s1. The molecule has 2 atom stereocenters. The number of quaternary nitrogens is 1. The molecule has 5 nitrogen and oxygen atoms in total. The van der Waals surface area contributed by atoms with Crippen LogP contribution < -0.4 is 15.6 Å². The molecule has 124 valence electrons. The lowest BCUT2D eigenvalue weighted by Crippen LogP contribution is -2.85. The largest absolute Gasteiger partial charge is 0.496 e. The third-order valence-corrected chi connectivity index (χ3v) is 4.27. The molecule has 24 heavy (non-hydrogen) atoms. The molecule has 1 heterocycles. The van der Waals surface area contributed by atoms with Crippen molar-refractivity contribution >= 4 is 10.9 Å². The van der Waals surface area contributed by atoms with Crippen LogP contribution >= 0.6 is 0 Å². The fourth-order valence-corrected chi connectivity index (χ4v) is 2.99. The third-order valence-electron chi connectivity index (χ3n) is 4.27. The van der Waals surface area contributed by atoms with Crippen molar-refractivity contribution in [3.63, 3.8) is 0 Å². The van der Waals surface area contributed by atoms with Gasteiger partial charge in [-0.05, 0) is 38.1 Å².